The summed E-state index contributed by atoms with van der Waals surface area (Å²) in [4.78, 5) is 0. The molecule has 0 nitrogen and oxygen atoms in total. The quantitative estimate of drug-likeness (QED) is 0.482. The van der Waals surface area contributed by atoms with Crippen LogP contribution in [0.5, 0.6) is 0 Å². The lowest BCUT2D eigenvalue weighted by molar-refractivity contribution is 0.610. The largest absolute Gasteiger partial charge is 0.207 e. The summed E-state index contributed by atoms with van der Waals surface area (Å²) in [7, 11) is 3.98. The maximum absolute atomic E-state index is 13.0. The van der Waals surface area contributed by atoms with Gasteiger partial charge in [0.1, 0.15) is 21.5 Å². The molecule has 3 heteroatoms. The van der Waals surface area contributed by atoms with Crippen LogP contribution in [-0.4, -0.2) is 15.7 Å². The van der Waals surface area contributed by atoms with Gasteiger partial charge in [0.2, 0.25) is 0 Å². The summed E-state index contributed by atoms with van der Waals surface area (Å²) in [6.07, 6.45) is 0. The number of benzene rings is 1. The zero-order valence-corrected chi connectivity index (χ0v) is 7.19. The Labute approximate surface area is 68.6 Å². The molecule has 1 aromatic carbocycles. The van der Waals surface area contributed by atoms with E-state index in [-0.39, 0.29) is 11.6 Å². The molecule has 0 aliphatic carbocycles. The van der Waals surface area contributed by atoms with E-state index in [1.165, 1.54) is 6.07 Å². The predicted octanol–water partition coefficient (Wildman–Crippen LogP) is -0.222. The Morgan fingerprint density at radius 2 is 2.09 bits per heavy atom. The van der Waals surface area contributed by atoms with Crippen molar-refractivity contribution in [2.45, 2.75) is 12.7 Å². The Kier molecular flexibility index (Phi) is 2.38. The standard InChI is InChI=1S/C8H11B2F/c1-5(9)7-4-6(10)2-3-8(7)11/h2-5H,9-10H2,1H3. The van der Waals surface area contributed by atoms with Crippen molar-refractivity contribution in [3.05, 3.63) is 29.6 Å². The van der Waals surface area contributed by atoms with E-state index in [1.807, 2.05) is 28.7 Å². The molecule has 0 amide bonds. The second kappa shape index (κ2) is 3.12. The second-order valence-electron chi connectivity index (χ2n) is 3.18. The van der Waals surface area contributed by atoms with Gasteiger partial charge in [-0.1, -0.05) is 24.5 Å². The van der Waals surface area contributed by atoms with Crippen LogP contribution >= 0.6 is 0 Å². The summed E-state index contributed by atoms with van der Waals surface area (Å²) >= 11 is 0. The van der Waals surface area contributed by atoms with Gasteiger partial charge in [-0.2, -0.15) is 0 Å². The molecule has 0 N–H and O–H groups in total. The Morgan fingerprint density at radius 1 is 1.45 bits per heavy atom. The Morgan fingerprint density at radius 3 is 2.55 bits per heavy atom. The van der Waals surface area contributed by atoms with Crippen molar-refractivity contribution in [3.63, 3.8) is 0 Å². The molecule has 56 valence electrons. The molecular formula is C8H11B2F. The highest BCUT2D eigenvalue weighted by Gasteiger charge is 2.04. The average Bonchev–Trinajstić information content (AvgIpc) is 1.94. The van der Waals surface area contributed by atoms with Gasteiger partial charge in [0.05, 0.1) is 0 Å². The summed E-state index contributed by atoms with van der Waals surface area (Å²) in [5.41, 5.74) is 1.93. The fraction of sp³-hybridized carbons (Fsp3) is 0.250. The normalized spacial score (nSPS) is 12.9. The monoisotopic (exact) mass is 148 g/mol. The highest BCUT2D eigenvalue weighted by atomic mass is 19.1. The first kappa shape index (κ1) is 8.38. The average molecular weight is 148 g/mol. The van der Waals surface area contributed by atoms with Gasteiger partial charge in [0.25, 0.3) is 0 Å². The summed E-state index contributed by atoms with van der Waals surface area (Å²) in [6.45, 7) is 2.00. The van der Waals surface area contributed by atoms with Crippen LogP contribution < -0.4 is 5.46 Å². The second-order valence-corrected chi connectivity index (χ2v) is 3.18. The SMILES string of the molecule is Bc1ccc(F)c(C(B)C)c1. The molecule has 11 heavy (non-hydrogen) atoms. The molecule has 0 aliphatic heterocycles. The van der Waals surface area contributed by atoms with Crippen LogP contribution in [-0.2, 0) is 0 Å². The van der Waals surface area contributed by atoms with Gasteiger partial charge in [-0.3, -0.25) is 0 Å². The van der Waals surface area contributed by atoms with Gasteiger partial charge in [-0.25, -0.2) is 4.39 Å². The minimum Gasteiger partial charge on any atom is -0.207 e. The molecule has 1 atom stereocenters. The first-order chi connectivity index (χ1) is 5.11. The van der Waals surface area contributed by atoms with Crippen molar-refractivity contribution in [3.8, 4) is 0 Å². The van der Waals surface area contributed by atoms with E-state index in [9.17, 15) is 4.39 Å². The van der Waals surface area contributed by atoms with E-state index in [2.05, 4.69) is 0 Å². The molecular weight excluding hydrogens is 137 g/mol. The van der Waals surface area contributed by atoms with E-state index < -0.39 is 0 Å². The highest BCUT2D eigenvalue weighted by molar-refractivity contribution is 6.32. The van der Waals surface area contributed by atoms with Crippen LogP contribution in [0.2, 0.25) is 0 Å². The van der Waals surface area contributed by atoms with Crippen LogP contribution in [0.15, 0.2) is 18.2 Å². The van der Waals surface area contributed by atoms with Gasteiger partial charge in [-0.15, -0.1) is 0 Å². The summed E-state index contributed by atoms with van der Waals surface area (Å²) in [5, 5.41) is 0. The number of halogens is 1. The van der Waals surface area contributed by atoms with E-state index in [1.54, 1.807) is 6.07 Å². The predicted molar refractivity (Wildman–Crippen MR) is 51.5 cm³/mol. The van der Waals surface area contributed by atoms with Crippen molar-refractivity contribution >= 4 is 21.2 Å². The topological polar surface area (TPSA) is 0 Å². The molecule has 0 aromatic heterocycles. The first-order valence-electron chi connectivity index (χ1n) is 3.87. The molecule has 0 radical (unpaired) electrons. The maximum Gasteiger partial charge on any atom is 0.139 e. The molecule has 0 saturated heterocycles. The fourth-order valence-electron chi connectivity index (χ4n) is 1.11. The third-order valence-corrected chi connectivity index (χ3v) is 1.77. The zero-order valence-electron chi connectivity index (χ0n) is 7.19. The Hall–Kier alpha value is -0.720. The third kappa shape index (κ3) is 1.86. The smallest absolute Gasteiger partial charge is 0.139 e. The van der Waals surface area contributed by atoms with E-state index in [4.69, 9.17) is 0 Å². The van der Waals surface area contributed by atoms with Crippen LogP contribution in [0.25, 0.3) is 0 Å². The maximum atomic E-state index is 13.0. The minimum atomic E-state index is -0.0920. The molecule has 1 aromatic rings. The van der Waals surface area contributed by atoms with Crippen molar-refractivity contribution in [2.75, 3.05) is 0 Å². The summed E-state index contributed by atoms with van der Waals surface area (Å²) in [6, 6.07) is 5.23. The van der Waals surface area contributed by atoms with Crippen molar-refractivity contribution in [1.82, 2.24) is 0 Å². The minimum absolute atomic E-state index is 0.0920. The van der Waals surface area contributed by atoms with Crippen molar-refractivity contribution in [1.29, 1.82) is 0 Å². The van der Waals surface area contributed by atoms with Crippen molar-refractivity contribution < 1.29 is 4.39 Å². The molecule has 0 heterocycles. The van der Waals surface area contributed by atoms with Gasteiger partial charge in [-0.05, 0) is 17.4 Å². The molecule has 0 aliphatic rings. The van der Waals surface area contributed by atoms with Gasteiger partial charge < -0.3 is 0 Å². The Bertz CT molecular complexity index is 258. The Balaban J connectivity index is 3.13. The molecule has 0 fully saturated rings. The van der Waals surface area contributed by atoms with Crippen LogP contribution in [0.4, 0.5) is 4.39 Å². The van der Waals surface area contributed by atoms with Gasteiger partial charge in [0.15, 0.2) is 0 Å². The third-order valence-electron chi connectivity index (χ3n) is 1.77. The first-order valence-corrected chi connectivity index (χ1v) is 3.87. The number of hydrogen-bond acceptors (Lipinski definition) is 0. The van der Waals surface area contributed by atoms with E-state index in [0.29, 0.717) is 0 Å². The van der Waals surface area contributed by atoms with Crippen LogP contribution in [0.3, 0.4) is 0 Å². The van der Waals surface area contributed by atoms with Gasteiger partial charge >= 0.3 is 0 Å². The lowest BCUT2D eigenvalue weighted by Gasteiger charge is -2.06. The van der Waals surface area contributed by atoms with E-state index >= 15 is 0 Å². The zero-order chi connectivity index (χ0) is 8.43. The number of rotatable bonds is 1. The highest BCUT2D eigenvalue weighted by Crippen LogP contribution is 2.13. The summed E-state index contributed by atoms with van der Waals surface area (Å²) in [5.74, 6) is 0.181. The fourth-order valence-corrected chi connectivity index (χ4v) is 1.11. The molecule has 0 bridgehead atoms. The number of hydrogen-bond donors (Lipinski definition) is 0. The molecule has 1 rings (SSSR count). The molecule has 0 saturated carbocycles. The molecule has 0 spiro atoms. The molecule has 1 unspecified atom stereocenters. The van der Waals surface area contributed by atoms with Crippen LogP contribution in [0, 0.1) is 5.82 Å². The van der Waals surface area contributed by atoms with Gasteiger partial charge in [0, 0.05) is 0 Å². The lowest BCUT2D eigenvalue weighted by atomic mass is 9.80. The van der Waals surface area contributed by atoms with E-state index in [0.717, 1.165) is 11.0 Å². The van der Waals surface area contributed by atoms with Crippen LogP contribution in [0.1, 0.15) is 18.3 Å². The lowest BCUT2D eigenvalue weighted by Crippen LogP contribution is -2.07. The summed E-state index contributed by atoms with van der Waals surface area (Å²) < 4.78 is 13.0. The van der Waals surface area contributed by atoms with Crippen molar-refractivity contribution in [2.24, 2.45) is 0 Å².